The predicted molar refractivity (Wildman–Crippen MR) is 90.4 cm³/mol. The molecule has 7 nitrogen and oxygen atoms in total. The quantitative estimate of drug-likeness (QED) is 0.791. The molecule has 1 aromatic carbocycles. The van der Waals surface area contributed by atoms with Gasteiger partial charge in [0.05, 0.1) is 17.3 Å². The minimum absolute atomic E-state index is 0.00497. The molecule has 1 atom stereocenters. The van der Waals surface area contributed by atoms with Crippen LogP contribution in [-0.2, 0) is 14.3 Å². The van der Waals surface area contributed by atoms with Crippen molar-refractivity contribution in [2.75, 3.05) is 19.7 Å². The molecule has 132 valence electrons. The van der Waals surface area contributed by atoms with Gasteiger partial charge in [-0.15, -0.1) is 0 Å². The molecule has 7 heteroatoms. The van der Waals surface area contributed by atoms with Gasteiger partial charge in [-0.25, -0.2) is 9.59 Å². The van der Waals surface area contributed by atoms with Gasteiger partial charge >= 0.3 is 12.0 Å². The summed E-state index contributed by atoms with van der Waals surface area (Å²) < 4.78 is 5.14. The van der Waals surface area contributed by atoms with E-state index in [0.717, 1.165) is 17.5 Å². The van der Waals surface area contributed by atoms with Crippen molar-refractivity contribution in [3.8, 4) is 0 Å². The smallest absolute Gasteiger partial charge is 0.338 e. The van der Waals surface area contributed by atoms with E-state index < -0.39 is 18.0 Å². The van der Waals surface area contributed by atoms with E-state index >= 15 is 0 Å². The molecule has 25 heavy (non-hydrogen) atoms. The molecule has 3 rings (SSSR count). The number of amides is 3. The molecule has 0 fully saturated rings. The molecule has 2 aliphatic heterocycles. The average molecular weight is 343 g/mol. The summed E-state index contributed by atoms with van der Waals surface area (Å²) in [7, 11) is 0. The molecule has 1 unspecified atom stereocenters. The van der Waals surface area contributed by atoms with Crippen LogP contribution in [0.15, 0.2) is 35.5 Å². The zero-order valence-corrected chi connectivity index (χ0v) is 14.3. The van der Waals surface area contributed by atoms with Crippen molar-refractivity contribution in [2.24, 2.45) is 0 Å². The fraction of sp³-hybridized carbons (Fsp3) is 0.389. The van der Waals surface area contributed by atoms with Gasteiger partial charge in [0, 0.05) is 6.54 Å². The van der Waals surface area contributed by atoms with Gasteiger partial charge in [0.15, 0.2) is 0 Å². The van der Waals surface area contributed by atoms with Crippen LogP contribution < -0.4 is 10.6 Å². The van der Waals surface area contributed by atoms with Crippen molar-refractivity contribution >= 4 is 17.9 Å². The number of ether oxygens (including phenoxy) is 1. The van der Waals surface area contributed by atoms with E-state index in [-0.39, 0.29) is 19.1 Å². The molecule has 0 aromatic heterocycles. The van der Waals surface area contributed by atoms with Crippen molar-refractivity contribution in [1.82, 2.24) is 15.5 Å². The standard InChI is InChI=1S/C18H21N3O4/c1-3-8-19-14(22)9-21-13-10-25-17(23)15(13)16(20-18(21)24)12-6-4-11(2)5-7-12/h4-7,16H,3,8-10H2,1-2H3,(H,19,22)(H,20,24). The molecule has 2 heterocycles. The van der Waals surface area contributed by atoms with Gasteiger partial charge < -0.3 is 15.4 Å². The van der Waals surface area contributed by atoms with Gasteiger partial charge in [0.2, 0.25) is 5.91 Å². The van der Waals surface area contributed by atoms with Gasteiger partial charge in [0.25, 0.3) is 0 Å². The topological polar surface area (TPSA) is 87.7 Å². The van der Waals surface area contributed by atoms with Crippen molar-refractivity contribution in [2.45, 2.75) is 26.3 Å². The Morgan fingerprint density at radius 1 is 1.32 bits per heavy atom. The number of aryl methyl sites for hydroxylation is 1. The maximum atomic E-state index is 12.5. The predicted octanol–water partition coefficient (Wildman–Crippen LogP) is 1.40. The third kappa shape index (κ3) is 3.35. The summed E-state index contributed by atoms with van der Waals surface area (Å²) in [5, 5.41) is 5.55. The maximum Gasteiger partial charge on any atom is 0.338 e. The SMILES string of the molecule is CCCNC(=O)CN1C(=O)NC(c2ccc(C)cc2)C2=C1COC2=O. The monoisotopic (exact) mass is 343 g/mol. The van der Waals surface area contributed by atoms with Crippen LogP contribution in [0, 0.1) is 6.92 Å². The third-order valence-corrected chi connectivity index (χ3v) is 4.28. The summed E-state index contributed by atoms with van der Waals surface area (Å²) in [5.74, 6) is -0.725. The maximum absolute atomic E-state index is 12.5. The van der Waals surface area contributed by atoms with Crippen LogP contribution in [0.4, 0.5) is 4.79 Å². The molecule has 3 amide bonds. The molecule has 0 spiro atoms. The minimum Gasteiger partial charge on any atom is -0.456 e. The number of urea groups is 1. The van der Waals surface area contributed by atoms with Crippen LogP contribution in [0.25, 0.3) is 0 Å². The Bertz CT molecular complexity index is 739. The zero-order chi connectivity index (χ0) is 18.0. The minimum atomic E-state index is -0.562. The fourth-order valence-electron chi connectivity index (χ4n) is 2.95. The molecule has 0 radical (unpaired) electrons. The second-order valence-electron chi connectivity index (χ2n) is 6.17. The first-order chi connectivity index (χ1) is 12.0. The van der Waals surface area contributed by atoms with Crippen molar-refractivity contribution < 1.29 is 19.1 Å². The number of hydrogen-bond donors (Lipinski definition) is 2. The lowest BCUT2D eigenvalue weighted by atomic mass is 9.95. The number of nitrogens with zero attached hydrogens (tertiary/aromatic N) is 1. The largest absolute Gasteiger partial charge is 0.456 e. The van der Waals surface area contributed by atoms with Crippen molar-refractivity contribution in [3.63, 3.8) is 0 Å². The number of carbonyl (C=O) groups excluding carboxylic acids is 3. The second kappa shape index (κ2) is 6.96. The first-order valence-electron chi connectivity index (χ1n) is 8.32. The van der Waals surface area contributed by atoms with Crippen molar-refractivity contribution in [3.05, 3.63) is 46.7 Å². The van der Waals surface area contributed by atoms with Gasteiger partial charge in [-0.3, -0.25) is 9.69 Å². The van der Waals surface area contributed by atoms with E-state index in [0.29, 0.717) is 17.8 Å². The average Bonchev–Trinajstić information content (AvgIpc) is 2.98. The Hall–Kier alpha value is -2.83. The molecule has 0 bridgehead atoms. The number of cyclic esters (lactones) is 1. The van der Waals surface area contributed by atoms with E-state index in [2.05, 4.69) is 10.6 Å². The first kappa shape index (κ1) is 17.0. The van der Waals surface area contributed by atoms with Gasteiger partial charge in [-0.2, -0.15) is 0 Å². The van der Waals surface area contributed by atoms with Crippen molar-refractivity contribution in [1.29, 1.82) is 0 Å². The van der Waals surface area contributed by atoms with Crippen LogP contribution in [0.5, 0.6) is 0 Å². The van der Waals surface area contributed by atoms with Gasteiger partial charge in [0.1, 0.15) is 13.2 Å². The van der Waals surface area contributed by atoms with Gasteiger partial charge in [-0.05, 0) is 18.9 Å². The summed E-state index contributed by atoms with van der Waals surface area (Å²) in [6.07, 6.45) is 0.809. The number of hydrogen-bond acceptors (Lipinski definition) is 4. The second-order valence-corrected chi connectivity index (χ2v) is 6.17. The lowest BCUT2D eigenvalue weighted by Gasteiger charge is -2.32. The molecular formula is C18H21N3O4. The highest BCUT2D eigenvalue weighted by Crippen LogP contribution is 2.34. The summed E-state index contributed by atoms with van der Waals surface area (Å²) >= 11 is 0. The molecule has 0 aliphatic carbocycles. The number of rotatable bonds is 5. The van der Waals surface area contributed by atoms with E-state index in [1.165, 1.54) is 4.90 Å². The van der Waals surface area contributed by atoms with E-state index in [1.54, 1.807) is 0 Å². The Kier molecular flexibility index (Phi) is 4.74. The van der Waals surface area contributed by atoms with Crippen LogP contribution >= 0.6 is 0 Å². The van der Waals surface area contributed by atoms with E-state index in [9.17, 15) is 14.4 Å². The van der Waals surface area contributed by atoms with Crippen LogP contribution in [0.1, 0.15) is 30.5 Å². The molecule has 2 aliphatic rings. The third-order valence-electron chi connectivity index (χ3n) is 4.28. The Morgan fingerprint density at radius 2 is 2.04 bits per heavy atom. The molecule has 0 saturated carbocycles. The van der Waals surface area contributed by atoms with E-state index in [4.69, 9.17) is 4.74 Å². The summed E-state index contributed by atoms with van der Waals surface area (Å²) in [5.41, 5.74) is 2.75. The molecule has 2 N–H and O–H groups in total. The molecule has 0 saturated heterocycles. The lowest BCUT2D eigenvalue weighted by Crippen LogP contribution is -2.50. The lowest BCUT2D eigenvalue weighted by molar-refractivity contribution is -0.136. The van der Waals surface area contributed by atoms with Gasteiger partial charge in [-0.1, -0.05) is 36.8 Å². The Labute approximate surface area is 146 Å². The highest BCUT2D eigenvalue weighted by atomic mass is 16.5. The molecular weight excluding hydrogens is 322 g/mol. The van der Waals surface area contributed by atoms with Crippen LogP contribution in [0.2, 0.25) is 0 Å². The summed E-state index contributed by atoms with van der Waals surface area (Å²) in [4.78, 5) is 38.0. The van der Waals surface area contributed by atoms with Crippen LogP contribution in [0.3, 0.4) is 0 Å². The number of nitrogens with one attached hydrogen (secondary N) is 2. The Morgan fingerprint density at radius 3 is 2.72 bits per heavy atom. The normalized spacial score (nSPS) is 19.4. The number of benzene rings is 1. The first-order valence-corrected chi connectivity index (χ1v) is 8.32. The number of esters is 1. The number of carbonyl (C=O) groups is 3. The highest BCUT2D eigenvalue weighted by Gasteiger charge is 2.42. The summed E-state index contributed by atoms with van der Waals surface area (Å²) in [6, 6.07) is 6.63. The summed E-state index contributed by atoms with van der Waals surface area (Å²) in [6.45, 7) is 4.33. The highest BCUT2D eigenvalue weighted by molar-refractivity contribution is 5.98. The fourth-order valence-corrected chi connectivity index (χ4v) is 2.95. The zero-order valence-electron chi connectivity index (χ0n) is 14.3. The van der Waals surface area contributed by atoms with Crippen LogP contribution in [-0.4, -0.2) is 42.5 Å². The van der Waals surface area contributed by atoms with E-state index in [1.807, 2.05) is 38.1 Å². The Balaban J connectivity index is 1.90. The molecule has 1 aromatic rings.